The minimum Gasteiger partial charge on any atom is -0.353 e. The first-order valence-corrected chi connectivity index (χ1v) is 10.1. The van der Waals surface area contributed by atoms with Crippen molar-refractivity contribution < 1.29 is 0 Å². The highest BCUT2D eigenvalue weighted by atomic mass is 15.3. The number of piperazine rings is 1. The predicted octanol–water partition coefficient (Wildman–Crippen LogP) is 4.08. The van der Waals surface area contributed by atoms with Crippen LogP contribution < -0.4 is 15.1 Å². The summed E-state index contributed by atoms with van der Waals surface area (Å²) < 4.78 is 0. The molecule has 29 heavy (non-hydrogen) atoms. The van der Waals surface area contributed by atoms with Crippen LogP contribution in [0.4, 0.5) is 17.6 Å². The van der Waals surface area contributed by atoms with E-state index in [9.17, 15) is 0 Å². The van der Waals surface area contributed by atoms with Crippen LogP contribution in [0, 0.1) is 0 Å². The normalized spacial score (nSPS) is 14.7. The van der Waals surface area contributed by atoms with E-state index in [1.54, 1.807) is 0 Å². The van der Waals surface area contributed by atoms with Crippen LogP contribution >= 0.6 is 0 Å². The van der Waals surface area contributed by atoms with Gasteiger partial charge in [0.15, 0.2) is 0 Å². The van der Waals surface area contributed by atoms with E-state index in [1.165, 1.54) is 0 Å². The zero-order valence-electron chi connectivity index (χ0n) is 17.3. The standard InChI is InChI=1S/C23H28N6/c1-23(2,3)27-22-25-19(18-9-5-4-6-10-18)17-21(26-22)29-15-13-28(14-16-29)20-11-7-8-12-24-20/h4-12,17H,13-16H2,1-3H3,(H,25,26,27). The summed E-state index contributed by atoms with van der Waals surface area (Å²) in [6.45, 7) is 10.0. The molecular formula is C23H28N6. The van der Waals surface area contributed by atoms with Gasteiger partial charge in [0.25, 0.3) is 0 Å². The van der Waals surface area contributed by atoms with Crippen LogP contribution in [0.25, 0.3) is 11.3 Å². The third-order valence-corrected chi connectivity index (χ3v) is 4.85. The molecule has 1 aliphatic heterocycles. The Morgan fingerprint density at radius 1 is 0.793 bits per heavy atom. The summed E-state index contributed by atoms with van der Waals surface area (Å²) in [6, 6.07) is 18.4. The summed E-state index contributed by atoms with van der Waals surface area (Å²) in [5, 5.41) is 3.44. The Morgan fingerprint density at radius 3 is 2.07 bits per heavy atom. The third kappa shape index (κ3) is 4.83. The zero-order valence-corrected chi connectivity index (χ0v) is 17.3. The Labute approximate surface area is 172 Å². The lowest BCUT2D eigenvalue weighted by molar-refractivity contribution is 0.621. The Hall–Kier alpha value is -3.15. The number of benzene rings is 1. The number of hydrogen-bond donors (Lipinski definition) is 1. The first-order chi connectivity index (χ1) is 14.0. The average Bonchev–Trinajstić information content (AvgIpc) is 2.74. The smallest absolute Gasteiger partial charge is 0.225 e. The van der Waals surface area contributed by atoms with Gasteiger partial charge in [0.05, 0.1) is 5.69 Å². The van der Waals surface area contributed by atoms with Crippen molar-refractivity contribution >= 4 is 17.6 Å². The first-order valence-electron chi connectivity index (χ1n) is 10.1. The molecule has 6 heteroatoms. The summed E-state index contributed by atoms with van der Waals surface area (Å²) in [4.78, 5) is 18.8. The fourth-order valence-electron chi connectivity index (χ4n) is 3.45. The predicted molar refractivity (Wildman–Crippen MR) is 120 cm³/mol. The molecule has 0 unspecified atom stereocenters. The van der Waals surface area contributed by atoms with Crippen molar-refractivity contribution in [3.8, 4) is 11.3 Å². The Morgan fingerprint density at radius 2 is 1.45 bits per heavy atom. The van der Waals surface area contributed by atoms with E-state index in [-0.39, 0.29) is 5.54 Å². The second-order valence-corrected chi connectivity index (χ2v) is 8.34. The van der Waals surface area contributed by atoms with Gasteiger partial charge in [0, 0.05) is 49.5 Å². The summed E-state index contributed by atoms with van der Waals surface area (Å²) in [5.41, 5.74) is 1.93. The van der Waals surface area contributed by atoms with Gasteiger partial charge in [0.1, 0.15) is 11.6 Å². The van der Waals surface area contributed by atoms with E-state index in [0.717, 1.165) is 49.1 Å². The second kappa shape index (κ2) is 8.07. The van der Waals surface area contributed by atoms with Gasteiger partial charge in [-0.05, 0) is 32.9 Å². The van der Waals surface area contributed by atoms with Crippen LogP contribution in [0.3, 0.4) is 0 Å². The topological polar surface area (TPSA) is 57.2 Å². The molecule has 0 atom stereocenters. The van der Waals surface area contributed by atoms with E-state index >= 15 is 0 Å². The Balaban J connectivity index is 1.59. The van der Waals surface area contributed by atoms with Gasteiger partial charge in [0.2, 0.25) is 5.95 Å². The molecule has 3 aromatic rings. The number of hydrogen-bond acceptors (Lipinski definition) is 6. The van der Waals surface area contributed by atoms with Crippen LogP contribution in [-0.4, -0.2) is 46.7 Å². The lowest BCUT2D eigenvalue weighted by atomic mass is 10.1. The quantitative estimate of drug-likeness (QED) is 0.727. The molecule has 0 radical (unpaired) electrons. The average molecular weight is 389 g/mol. The van der Waals surface area contributed by atoms with Crippen molar-refractivity contribution in [2.24, 2.45) is 0 Å². The number of aromatic nitrogens is 3. The maximum absolute atomic E-state index is 4.84. The van der Waals surface area contributed by atoms with Gasteiger partial charge in [-0.15, -0.1) is 0 Å². The molecule has 1 aliphatic rings. The minimum atomic E-state index is -0.107. The Bertz CT molecular complexity index is 929. The maximum Gasteiger partial charge on any atom is 0.225 e. The first kappa shape index (κ1) is 19.2. The minimum absolute atomic E-state index is 0.107. The second-order valence-electron chi connectivity index (χ2n) is 8.34. The van der Waals surface area contributed by atoms with Crippen LogP contribution in [-0.2, 0) is 0 Å². The van der Waals surface area contributed by atoms with Crippen molar-refractivity contribution in [2.45, 2.75) is 26.3 Å². The molecule has 150 valence electrons. The zero-order chi connectivity index (χ0) is 20.3. The number of anilines is 3. The molecule has 1 aromatic carbocycles. The van der Waals surface area contributed by atoms with Crippen LogP contribution in [0.5, 0.6) is 0 Å². The molecule has 0 aliphatic carbocycles. The summed E-state index contributed by atoms with van der Waals surface area (Å²) in [5.74, 6) is 2.67. The van der Waals surface area contributed by atoms with Crippen molar-refractivity contribution in [3.63, 3.8) is 0 Å². The molecule has 4 rings (SSSR count). The van der Waals surface area contributed by atoms with E-state index in [2.05, 4.69) is 65.1 Å². The van der Waals surface area contributed by atoms with Crippen LogP contribution in [0.1, 0.15) is 20.8 Å². The molecule has 2 aromatic heterocycles. The van der Waals surface area contributed by atoms with Crippen LogP contribution in [0.2, 0.25) is 0 Å². The van der Waals surface area contributed by atoms with Crippen molar-refractivity contribution in [1.29, 1.82) is 0 Å². The molecule has 0 bridgehead atoms. The SMILES string of the molecule is CC(C)(C)Nc1nc(-c2ccccc2)cc(N2CCN(c3ccccn3)CC2)n1. The van der Waals surface area contributed by atoms with Gasteiger partial charge < -0.3 is 15.1 Å². The molecule has 6 nitrogen and oxygen atoms in total. The molecule has 1 N–H and O–H groups in total. The lowest BCUT2D eigenvalue weighted by Crippen LogP contribution is -2.47. The number of rotatable bonds is 4. The molecule has 3 heterocycles. The molecule has 0 amide bonds. The molecule has 1 saturated heterocycles. The van der Waals surface area contributed by atoms with Gasteiger partial charge in [-0.3, -0.25) is 0 Å². The van der Waals surface area contributed by atoms with E-state index in [1.807, 2.05) is 36.5 Å². The number of pyridine rings is 1. The van der Waals surface area contributed by atoms with Crippen molar-refractivity contribution in [3.05, 3.63) is 60.8 Å². The fraction of sp³-hybridized carbons (Fsp3) is 0.348. The van der Waals surface area contributed by atoms with Crippen molar-refractivity contribution in [1.82, 2.24) is 15.0 Å². The van der Waals surface area contributed by atoms with Gasteiger partial charge in [-0.1, -0.05) is 36.4 Å². The molecular weight excluding hydrogens is 360 g/mol. The molecule has 1 fully saturated rings. The summed E-state index contributed by atoms with van der Waals surface area (Å²) >= 11 is 0. The van der Waals surface area contributed by atoms with E-state index in [4.69, 9.17) is 9.97 Å². The largest absolute Gasteiger partial charge is 0.353 e. The highest BCUT2D eigenvalue weighted by Crippen LogP contribution is 2.26. The lowest BCUT2D eigenvalue weighted by Gasteiger charge is -2.36. The molecule has 0 saturated carbocycles. The Kier molecular flexibility index (Phi) is 5.34. The summed E-state index contributed by atoms with van der Waals surface area (Å²) in [6.07, 6.45) is 1.85. The fourth-order valence-corrected chi connectivity index (χ4v) is 3.45. The summed E-state index contributed by atoms with van der Waals surface area (Å²) in [7, 11) is 0. The van der Waals surface area contributed by atoms with Crippen molar-refractivity contribution in [2.75, 3.05) is 41.3 Å². The van der Waals surface area contributed by atoms with E-state index < -0.39 is 0 Å². The highest BCUT2D eigenvalue weighted by Gasteiger charge is 2.21. The number of nitrogens with zero attached hydrogens (tertiary/aromatic N) is 5. The third-order valence-electron chi connectivity index (χ3n) is 4.85. The number of nitrogens with one attached hydrogen (secondary N) is 1. The van der Waals surface area contributed by atoms with Gasteiger partial charge in [-0.2, -0.15) is 4.98 Å². The highest BCUT2D eigenvalue weighted by molar-refractivity contribution is 5.65. The maximum atomic E-state index is 4.84. The van der Waals surface area contributed by atoms with Crippen LogP contribution in [0.15, 0.2) is 60.8 Å². The monoisotopic (exact) mass is 388 g/mol. The molecule has 0 spiro atoms. The van der Waals surface area contributed by atoms with E-state index in [0.29, 0.717) is 5.95 Å². The van der Waals surface area contributed by atoms with Gasteiger partial charge >= 0.3 is 0 Å². The van der Waals surface area contributed by atoms with Gasteiger partial charge in [-0.25, -0.2) is 9.97 Å².